The van der Waals surface area contributed by atoms with Crippen molar-refractivity contribution in [2.75, 3.05) is 17.2 Å². The number of esters is 1. The van der Waals surface area contributed by atoms with E-state index < -0.39 is 12.1 Å². The fraction of sp³-hybridized carbons (Fsp3) is 0.250. The van der Waals surface area contributed by atoms with E-state index in [-0.39, 0.29) is 24.6 Å². The van der Waals surface area contributed by atoms with Crippen molar-refractivity contribution in [1.29, 1.82) is 5.26 Å². The lowest BCUT2D eigenvalue weighted by molar-refractivity contribution is -0.151. The Morgan fingerprint density at radius 3 is 2.48 bits per heavy atom. The van der Waals surface area contributed by atoms with Crippen LogP contribution < -0.4 is 4.90 Å². The number of anilines is 1. The van der Waals surface area contributed by atoms with E-state index in [0.29, 0.717) is 5.69 Å². The summed E-state index contributed by atoms with van der Waals surface area (Å²) in [5, 5.41) is 8.84. The minimum absolute atomic E-state index is 0.114. The predicted octanol–water partition coefficient (Wildman–Crippen LogP) is 4.42. The molecule has 0 radical (unpaired) electrons. The number of hydrogen-bond acceptors (Lipinski definition) is 5. The molecular weight excluding hydrogens is 428 g/mol. The summed E-state index contributed by atoms with van der Waals surface area (Å²) in [6, 6.07) is 18.7. The first-order chi connectivity index (χ1) is 13.0. The molecule has 0 spiro atoms. The Kier molecular flexibility index (Phi) is 8.37. The number of thioether (sulfide) groups is 1. The van der Waals surface area contributed by atoms with Gasteiger partial charge < -0.3 is 9.64 Å². The van der Waals surface area contributed by atoms with Crippen LogP contribution in [0.2, 0.25) is 0 Å². The largest absolute Gasteiger partial charge is 0.452 e. The van der Waals surface area contributed by atoms with Crippen molar-refractivity contribution in [3.63, 3.8) is 0 Å². The van der Waals surface area contributed by atoms with Gasteiger partial charge in [0.2, 0.25) is 0 Å². The van der Waals surface area contributed by atoms with E-state index in [9.17, 15) is 9.59 Å². The summed E-state index contributed by atoms with van der Waals surface area (Å²) in [5.41, 5.74) is 0.671. The zero-order chi connectivity index (χ0) is 19.6. The molecule has 1 unspecified atom stereocenters. The molecule has 5 nitrogen and oxygen atoms in total. The third-order valence-electron chi connectivity index (χ3n) is 3.61. The molecule has 0 fully saturated rings. The number of halogens is 1. The monoisotopic (exact) mass is 446 g/mol. The van der Waals surface area contributed by atoms with Gasteiger partial charge in [-0.1, -0.05) is 34.1 Å². The molecule has 2 aromatic carbocycles. The van der Waals surface area contributed by atoms with Crippen LogP contribution in [0.1, 0.15) is 13.3 Å². The van der Waals surface area contributed by atoms with Crippen molar-refractivity contribution in [3.05, 3.63) is 59.1 Å². The number of ether oxygens (including phenoxy) is 1. The van der Waals surface area contributed by atoms with Crippen LogP contribution in [0.5, 0.6) is 0 Å². The van der Waals surface area contributed by atoms with Gasteiger partial charge in [0.1, 0.15) is 0 Å². The number of hydrogen-bond donors (Lipinski definition) is 0. The summed E-state index contributed by atoms with van der Waals surface area (Å²) in [4.78, 5) is 27.2. The normalized spacial score (nSPS) is 11.3. The Morgan fingerprint density at radius 1 is 1.19 bits per heavy atom. The van der Waals surface area contributed by atoms with Gasteiger partial charge in [-0.05, 0) is 43.3 Å². The maximum Gasteiger partial charge on any atom is 0.317 e. The molecular formula is C20H19BrN2O3S. The summed E-state index contributed by atoms with van der Waals surface area (Å²) < 4.78 is 6.26. The molecule has 0 aliphatic carbocycles. The number of rotatable bonds is 8. The first kappa shape index (κ1) is 21.0. The van der Waals surface area contributed by atoms with Gasteiger partial charge in [-0.15, -0.1) is 11.8 Å². The standard InChI is InChI=1S/C20H19BrN2O3S/c1-15(26-19(24)14-27-18-10-8-16(21)9-11-18)20(25)23(13-5-12-22)17-6-3-2-4-7-17/h2-4,6-11,15H,5,13-14H2,1H3. The summed E-state index contributed by atoms with van der Waals surface area (Å²) in [7, 11) is 0. The first-order valence-corrected chi connectivity index (χ1v) is 10.1. The second-order valence-corrected chi connectivity index (χ2v) is 7.57. The van der Waals surface area contributed by atoms with Crippen LogP contribution in [0.4, 0.5) is 5.69 Å². The van der Waals surface area contributed by atoms with Crippen molar-refractivity contribution in [2.24, 2.45) is 0 Å². The average molecular weight is 447 g/mol. The Labute approximate surface area is 171 Å². The average Bonchev–Trinajstić information content (AvgIpc) is 2.68. The molecule has 0 bridgehead atoms. The van der Waals surface area contributed by atoms with Gasteiger partial charge in [0.05, 0.1) is 18.2 Å². The summed E-state index contributed by atoms with van der Waals surface area (Å²) in [6.07, 6.45) is -0.734. The Bertz CT molecular complexity index is 806. The zero-order valence-electron chi connectivity index (χ0n) is 14.8. The van der Waals surface area contributed by atoms with Crippen molar-refractivity contribution >= 4 is 45.3 Å². The van der Waals surface area contributed by atoms with Crippen LogP contribution in [-0.2, 0) is 14.3 Å². The predicted molar refractivity (Wildman–Crippen MR) is 109 cm³/mol. The summed E-state index contributed by atoms with van der Waals surface area (Å²) in [5.74, 6) is -0.696. The smallest absolute Gasteiger partial charge is 0.317 e. The van der Waals surface area contributed by atoms with Crippen LogP contribution >= 0.6 is 27.7 Å². The van der Waals surface area contributed by atoms with Crippen molar-refractivity contribution < 1.29 is 14.3 Å². The molecule has 27 heavy (non-hydrogen) atoms. The highest BCUT2D eigenvalue weighted by molar-refractivity contribution is 9.10. The molecule has 2 rings (SSSR count). The summed E-state index contributed by atoms with van der Waals surface area (Å²) in [6.45, 7) is 1.79. The van der Waals surface area contributed by atoms with Gasteiger partial charge in [0.15, 0.2) is 6.10 Å². The van der Waals surface area contributed by atoms with Gasteiger partial charge in [0, 0.05) is 21.6 Å². The van der Waals surface area contributed by atoms with Crippen LogP contribution in [0.25, 0.3) is 0 Å². The van der Waals surface area contributed by atoms with Crippen LogP contribution in [0, 0.1) is 11.3 Å². The Hall–Kier alpha value is -2.30. The number of amides is 1. The van der Waals surface area contributed by atoms with Gasteiger partial charge in [-0.2, -0.15) is 5.26 Å². The number of para-hydroxylation sites is 1. The number of nitrogens with zero attached hydrogens (tertiary/aromatic N) is 2. The van der Waals surface area contributed by atoms with E-state index >= 15 is 0 Å². The second-order valence-electron chi connectivity index (χ2n) is 5.61. The first-order valence-electron chi connectivity index (χ1n) is 8.32. The van der Waals surface area contributed by atoms with Gasteiger partial charge in [-0.25, -0.2) is 0 Å². The lowest BCUT2D eigenvalue weighted by Gasteiger charge is -2.25. The topological polar surface area (TPSA) is 70.4 Å². The van der Waals surface area contributed by atoms with Crippen LogP contribution in [0.3, 0.4) is 0 Å². The molecule has 140 valence electrons. The molecule has 0 heterocycles. The fourth-order valence-electron chi connectivity index (χ4n) is 2.31. The molecule has 0 N–H and O–H groups in total. The Morgan fingerprint density at radius 2 is 1.85 bits per heavy atom. The zero-order valence-corrected chi connectivity index (χ0v) is 17.2. The number of carbonyl (C=O) groups is 2. The maximum absolute atomic E-state index is 12.7. The van der Waals surface area contributed by atoms with Crippen molar-refractivity contribution in [2.45, 2.75) is 24.3 Å². The molecule has 0 aliphatic rings. The van der Waals surface area contributed by atoms with Crippen molar-refractivity contribution in [3.8, 4) is 6.07 Å². The number of benzene rings is 2. The van der Waals surface area contributed by atoms with Gasteiger partial charge in [0.25, 0.3) is 5.91 Å². The van der Waals surface area contributed by atoms with Crippen LogP contribution in [0.15, 0.2) is 64.0 Å². The molecule has 0 aromatic heterocycles. The molecule has 1 amide bonds. The minimum atomic E-state index is -0.929. The maximum atomic E-state index is 12.7. The second kappa shape index (κ2) is 10.8. The van der Waals surface area contributed by atoms with E-state index in [1.807, 2.05) is 48.5 Å². The van der Waals surface area contributed by atoms with E-state index in [0.717, 1.165) is 9.37 Å². The van der Waals surface area contributed by atoms with E-state index in [4.69, 9.17) is 10.00 Å². The lowest BCUT2D eigenvalue weighted by atomic mass is 10.2. The quantitative estimate of drug-likeness (QED) is 0.443. The van der Waals surface area contributed by atoms with E-state index in [1.165, 1.54) is 16.7 Å². The third-order valence-corrected chi connectivity index (χ3v) is 5.12. The lowest BCUT2D eigenvalue weighted by Crippen LogP contribution is -2.41. The van der Waals surface area contributed by atoms with E-state index in [2.05, 4.69) is 15.9 Å². The number of carbonyl (C=O) groups excluding carboxylic acids is 2. The molecule has 7 heteroatoms. The SMILES string of the molecule is CC(OC(=O)CSc1ccc(Br)cc1)C(=O)N(CCC#N)c1ccccc1. The van der Waals surface area contributed by atoms with Gasteiger partial charge >= 0.3 is 5.97 Å². The van der Waals surface area contributed by atoms with Gasteiger partial charge in [-0.3, -0.25) is 9.59 Å². The van der Waals surface area contributed by atoms with E-state index in [1.54, 1.807) is 19.1 Å². The summed E-state index contributed by atoms with van der Waals surface area (Å²) >= 11 is 4.71. The van der Waals surface area contributed by atoms with Crippen LogP contribution in [-0.4, -0.2) is 30.3 Å². The molecule has 2 aromatic rings. The molecule has 0 saturated carbocycles. The highest BCUT2D eigenvalue weighted by Gasteiger charge is 2.24. The van der Waals surface area contributed by atoms with Crippen molar-refractivity contribution in [1.82, 2.24) is 0 Å². The molecule has 1 atom stereocenters. The molecule has 0 saturated heterocycles. The number of nitriles is 1. The minimum Gasteiger partial charge on any atom is -0.452 e. The Balaban J connectivity index is 1.94. The molecule has 0 aliphatic heterocycles. The highest BCUT2D eigenvalue weighted by atomic mass is 79.9. The highest BCUT2D eigenvalue weighted by Crippen LogP contribution is 2.21. The fourth-order valence-corrected chi connectivity index (χ4v) is 3.26. The third kappa shape index (κ3) is 6.74.